The lowest BCUT2D eigenvalue weighted by Crippen LogP contribution is -2.31. The van der Waals surface area contributed by atoms with Crippen LogP contribution in [0.4, 0.5) is 0 Å². The van der Waals surface area contributed by atoms with Crippen LogP contribution in [-0.4, -0.2) is 24.2 Å². The van der Waals surface area contributed by atoms with Gasteiger partial charge in [0.15, 0.2) is 0 Å². The highest BCUT2D eigenvalue weighted by Crippen LogP contribution is 2.22. The maximum Gasteiger partial charge on any atom is 0.137 e. The van der Waals surface area contributed by atoms with Crippen molar-refractivity contribution in [2.45, 2.75) is 45.2 Å². The van der Waals surface area contributed by atoms with E-state index in [9.17, 15) is 0 Å². The summed E-state index contributed by atoms with van der Waals surface area (Å²) in [6, 6.07) is 12.5. The number of nitrogens with one attached hydrogen (secondary N) is 1. The number of ether oxygens (including phenoxy) is 1. The van der Waals surface area contributed by atoms with Gasteiger partial charge in [0.05, 0.1) is 6.20 Å². The van der Waals surface area contributed by atoms with Crippen LogP contribution in [0.3, 0.4) is 0 Å². The van der Waals surface area contributed by atoms with Crippen LogP contribution in [0.15, 0.2) is 48.8 Å². The van der Waals surface area contributed by atoms with E-state index >= 15 is 0 Å². The van der Waals surface area contributed by atoms with E-state index in [-0.39, 0.29) is 11.5 Å². The first-order valence-corrected chi connectivity index (χ1v) is 8.54. The molecular formula is C20H29N3O. The lowest BCUT2D eigenvalue weighted by molar-refractivity contribution is 0.280. The molecule has 1 aromatic carbocycles. The van der Waals surface area contributed by atoms with Crippen molar-refractivity contribution in [3.8, 4) is 5.75 Å². The average Bonchev–Trinajstić information content (AvgIpc) is 2.57. The molecule has 0 spiro atoms. The minimum atomic E-state index is 0.0126. The Labute approximate surface area is 145 Å². The molecule has 0 amide bonds. The second kappa shape index (κ2) is 8.81. The predicted octanol–water partition coefficient (Wildman–Crippen LogP) is 3.27. The van der Waals surface area contributed by atoms with Gasteiger partial charge < -0.3 is 15.8 Å². The van der Waals surface area contributed by atoms with Crippen molar-refractivity contribution in [1.29, 1.82) is 0 Å². The molecule has 0 aliphatic heterocycles. The Hall–Kier alpha value is -1.91. The molecule has 0 bridgehead atoms. The summed E-state index contributed by atoms with van der Waals surface area (Å²) in [6.07, 6.45) is 4.30. The minimum absolute atomic E-state index is 0.0126. The van der Waals surface area contributed by atoms with E-state index < -0.39 is 0 Å². The van der Waals surface area contributed by atoms with Crippen LogP contribution in [0.1, 0.15) is 38.3 Å². The Balaban J connectivity index is 1.67. The lowest BCUT2D eigenvalue weighted by Gasteiger charge is -2.20. The fourth-order valence-electron chi connectivity index (χ4n) is 2.39. The van der Waals surface area contributed by atoms with E-state index in [0.29, 0.717) is 6.61 Å². The third-order valence-electron chi connectivity index (χ3n) is 3.91. The SMILES string of the molecule is CC(C)(C)c1cccc(CNCC[C@@H](N)COc2cccnc2)c1. The lowest BCUT2D eigenvalue weighted by atomic mass is 9.86. The van der Waals surface area contributed by atoms with Gasteiger partial charge in [0.1, 0.15) is 12.4 Å². The summed E-state index contributed by atoms with van der Waals surface area (Å²) in [7, 11) is 0. The van der Waals surface area contributed by atoms with Crippen molar-refractivity contribution < 1.29 is 4.74 Å². The Morgan fingerprint density at radius 3 is 2.75 bits per heavy atom. The molecule has 1 heterocycles. The first kappa shape index (κ1) is 18.4. The van der Waals surface area contributed by atoms with E-state index in [1.165, 1.54) is 11.1 Å². The van der Waals surface area contributed by atoms with E-state index in [4.69, 9.17) is 10.5 Å². The number of nitrogens with zero attached hydrogens (tertiary/aromatic N) is 1. The molecule has 0 fully saturated rings. The Morgan fingerprint density at radius 2 is 2.04 bits per heavy atom. The summed E-state index contributed by atoms with van der Waals surface area (Å²) >= 11 is 0. The number of hydrogen-bond acceptors (Lipinski definition) is 4. The standard InChI is InChI=1S/C20H29N3O/c1-20(2,3)17-7-4-6-16(12-17)13-23-11-9-18(21)15-24-19-8-5-10-22-14-19/h4-8,10,12,14,18,23H,9,11,13,15,21H2,1-3H3/t18-/m1/s1. The van der Waals surface area contributed by atoms with Gasteiger partial charge in [-0.25, -0.2) is 0 Å². The monoisotopic (exact) mass is 327 g/mol. The first-order chi connectivity index (χ1) is 11.4. The topological polar surface area (TPSA) is 60.2 Å². The maximum atomic E-state index is 6.10. The Morgan fingerprint density at radius 1 is 1.21 bits per heavy atom. The number of hydrogen-bond donors (Lipinski definition) is 2. The van der Waals surface area contributed by atoms with Crippen molar-refractivity contribution in [2.24, 2.45) is 5.73 Å². The van der Waals surface area contributed by atoms with Crippen LogP contribution in [0.2, 0.25) is 0 Å². The molecule has 1 aromatic heterocycles. The average molecular weight is 327 g/mol. The van der Waals surface area contributed by atoms with Gasteiger partial charge in [-0.3, -0.25) is 4.98 Å². The fraction of sp³-hybridized carbons (Fsp3) is 0.450. The summed E-state index contributed by atoms with van der Waals surface area (Å²) in [5, 5.41) is 3.46. The quantitative estimate of drug-likeness (QED) is 0.731. The molecule has 3 N–H and O–H groups in total. The molecule has 0 saturated heterocycles. The van der Waals surface area contributed by atoms with Gasteiger partial charge in [0.2, 0.25) is 0 Å². The molecule has 1 atom stereocenters. The van der Waals surface area contributed by atoms with E-state index in [1.54, 1.807) is 12.4 Å². The van der Waals surface area contributed by atoms with Crippen LogP contribution < -0.4 is 15.8 Å². The number of aromatic nitrogens is 1. The Kier molecular flexibility index (Phi) is 6.76. The van der Waals surface area contributed by atoms with Gasteiger partial charge in [-0.2, -0.15) is 0 Å². The molecule has 24 heavy (non-hydrogen) atoms. The highest BCUT2D eigenvalue weighted by molar-refractivity contribution is 5.28. The molecule has 0 unspecified atom stereocenters. The minimum Gasteiger partial charge on any atom is -0.490 e. The molecule has 4 heteroatoms. The highest BCUT2D eigenvalue weighted by Gasteiger charge is 2.13. The van der Waals surface area contributed by atoms with Crippen molar-refractivity contribution in [2.75, 3.05) is 13.2 Å². The summed E-state index contributed by atoms with van der Waals surface area (Å²) in [5.74, 6) is 0.764. The summed E-state index contributed by atoms with van der Waals surface area (Å²) in [4.78, 5) is 4.02. The molecule has 4 nitrogen and oxygen atoms in total. The molecular weight excluding hydrogens is 298 g/mol. The van der Waals surface area contributed by atoms with Gasteiger partial charge in [-0.05, 0) is 41.6 Å². The smallest absolute Gasteiger partial charge is 0.137 e. The molecule has 130 valence electrons. The molecule has 2 aromatic rings. The highest BCUT2D eigenvalue weighted by atomic mass is 16.5. The van der Waals surface area contributed by atoms with Crippen molar-refractivity contribution >= 4 is 0 Å². The summed E-state index contributed by atoms with van der Waals surface area (Å²) in [5.41, 5.74) is 8.95. The Bertz CT molecular complexity index is 608. The van der Waals surface area contributed by atoms with Crippen LogP contribution >= 0.6 is 0 Å². The fourth-order valence-corrected chi connectivity index (χ4v) is 2.39. The molecule has 0 saturated carbocycles. The largest absolute Gasteiger partial charge is 0.490 e. The zero-order valence-electron chi connectivity index (χ0n) is 15.0. The van der Waals surface area contributed by atoms with E-state index in [2.05, 4.69) is 55.3 Å². The van der Waals surface area contributed by atoms with Crippen molar-refractivity contribution in [3.63, 3.8) is 0 Å². The molecule has 0 aliphatic rings. The second-order valence-corrected chi connectivity index (χ2v) is 7.18. The van der Waals surface area contributed by atoms with Crippen LogP contribution in [0.5, 0.6) is 5.75 Å². The van der Waals surface area contributed by atoms with E-state index in [1.807, 2.05) is 12.1 Å². The van der Waals surface area contributed by atoms with Gasteiger partial charge in [0, 0.05) is 18.8 Å². The number of rotatable bonds is 8. The summed E-state index contributed by atoms with van der Waals surface area (Å²) < 4.78 is 5.62. The van der Waals surface area contributed by atoms with Crippen LogP contribution in [0, 0.1) is 0 Å². The normalized spacial score (nSPS) is 12.8. The molecule has 2 rings (SSSR count). The maximum absolute atomic E-state index is 6.10. The van der Waals surface area contributed by atoms with Crippen molar-refractivity contribution in [3.05, 3.63) is 59.9 Å². The van der Waals surface area contributed by atoms with Crippen LogP contribution in [-0.2, 0) is 12.0 Å². The number of benzene rings is 1. The summed E-state index contributed by atoms with van der Waals surface area (Å²) in [6.45, 7) is 8.95. The number of pyridine rings is 1. The van der Waals surface area contributed by atoms with Gasteiger partial charge in [-0.15, -0.1) is 0 Å². The zero-order valence-corrected chi connectivity index (χ0v) is 15.0. The third-order valence-corrected chi connectivity index (χ3v) is 3.91. The third kappa shape index (κ3) is 6.30. The van der Waals surface area contributed by atoms with E-state index in [0.717, 1.165) is 25.3 Å². The number of nitrogens with two attached hydrogens (primary N) is 1. The van der Waals surface area contributed by atoms with Gasteiger partial charge in [-0.1, -0.05) is 45.0 Å². The van der Waals surface area contributed by atoms with Gasteiger partial charge >= 0.3 is 0 Å². The molecule has 0 radical (unpaired) electrons. The molecule has 0 aliphatic carbocycles. The predicted molar refractivity (Wildman–Crippen MR) is 99.2 cm³/mol. The van der Waals surface area contributed by atoms with Gasteiger partial charge in [0.25, 0.3) is 0 Å². The van der Waals surface area contributed by atoms with Crippen LogP contribution in [0.25, 0.3) is 0 Å². The first-order valence-electron chi connectivity index (χ1n) is 8.54. The van der Waals surface area contributed by atoms with Crippen molar-refractivity contribution in [1.82, 2.24) is 10.3 Å². The second-order valence-electron chi connectivity index (χ2n) is 7.18. The zero-order chi connectivity index (χ0) is 17.4.